The second-order valence-corrected chi connectivity index (χ2v) is 6.38. The zero-order valence-electron chi connectivity index (χ0n) is 10.7. The molecule has 1 aliphatic rings. The van der Waals surface area contributed by atoms with Gasteiger partial charge in [0.2, 0.25) is 0 Å². The van der Waals surface area contributed by atoms with Crippen molar-refractivity contribution < 1.29 is 18.9 Å². The summed E-state index contributed by atoms with van der Waals surface area (Å²) in [6, 6.07) is -0.271. The van der Waals surface area contributed by atoms with Gasteiger partial charge in [-0.25, -0.2) is 4.79 Å². The van der Waals surface area contributed by atoms with Crippen LogP contribution < -0.4 is 5.32 Å². The van der Waals surface area contributed by atoms with Crippen LogP contribution in [0.15, 0.2) is 0 Å². The van der Waals surface area contributed by atoms with E-state index in [9.17, 15) is 13.8 Å². The van der Waals surface area contributed by atoms with E-state index in [1.54, 1.807) is 6.26 Å². The SMILES string of the molecule is CC(CCNC(=O)N(CC(=O)O)C1CC1)S(C)=O. The highest BCUT2D eigenvalue weighted by Crippen LogP contribution is 2.26. The van der Waals surface area contributed by atoms with Gasteiger partial charge >= 0.3 is 12.0 Å². The summed E-state index contributed by atoms with van der Waals surface area (Å²) in [5.74, 6) is -1.000. The molecule has 104 valence electrons. The number of carbonyl (C=O) groups is 2. The molecule has 2 N–H and O–H groups in total. The number of carbonyl (C=O) groups excluding carboxylic acids is 1. The van der Waals surface area contributed by atoms with Gasteiger partial charge in [-0.3, -0.25) is 9.00 Å². The molecule has 0 aromatic heterocycles. The zero-order chi connectivity index (χ0) is 13.7. The Hall–Kier alpha value is -1.11. The second-order valence-electron chi connectivity index (χ2n) is 4.58. The van der Waals surface area contributed by atoms with Crippen molar-refractivity contribution in [2.45, 2.75) is 37.5 Å². The fraction of sp³-hybridized carbons (Fsp3) is 0.818. The summed E-state index contributed by atoms with van der Waals surface area (Å²) in [6.07, 6.45) is 4.00. The minimum atomic E-state index is -1.000. The van der Waals surface area contributed by atoms with Crippen LogP contribution in [0.3, 0.4) is 0 Å². The Kier molecular flexibility index (Phi) is 5.58. The topological polar surface area (TPSA) is 86.7 Å². The number of rotatable bonds is 7. The van der Waals surface area contributed by atoms with E-state index in [-0.39, 0.29) is 23.9 Å². The van der Waals surface area contributed by atoms with E-state index in [0.29, 0.717) is 13.0 Å². The highest BCUT2D eigenvalue weighted by atomic mass is 32.2. The molecule has 0 heterocycles. The predicted molar refractivity (Wildman–Crippen MR) is 68.9 cm³/mol. The molecule has 0 aliphatic heterocycles. The van der Waals surface area contributed by atoms with Gasteiger partial charge < -0.3 is 15.3 Å². The lowest BCUT2D eigenvalue weighted by Crippen LogP contribution is -2.44. The van der Waals surface area contributed by atoms with Crippen molar-refractivity contribution in [2.75, 3.05) is 19.3 Å². The van der Waals surface area contributed by atoms with E-state index in [0.717, 1.165) is 12.8 Å². The van der Waals surface area contributed by atoms with Gasteiger partial charge in [0, 0.05) is 34.9 Å². The Bertz CT molecular complexity index is 344. The van der Waals surface area contributed by atoms with E-state index in [2.05, 4.69) is 5.32 Å². The standard InChI is InChI=1S/C11H20N2O4S/c1-8(18(2)17)5-6-12-11(16)13(7-10(14)15)9-3-4-9/h8-9H,3-7H2,1-2H3,(H,12,16)(H,14,15). The lowest BCUT2D eigenvalue weighted by atomic mass is 10.3. The largest absolute Gasteiger partial charge is 0.480 e. The number of hydrogen-bond acceptors (Lipinski definition) is 3. The molecule has 1 saturated carbocycles. The maximum absolute atomic E-state index is 11.8. The number of hydrogen-bond donors (Lipinski definition) is 2. The third-order valence-corrected chi connectivity index (χ3v) is 4.32. The predicted octanol–water partition coefficient (Wildman–Crippen LogP) is 0.402. The summed E-state index contributed by atoms with van der Waals surface area (Å²) >= 11 is 0. The van der Waals surface area contributed by atoms with E-state index < -0.39 is 16.8 Å². The molecule has 18 heavy (non-hydrogen) atoms. The van der Waals surface area contributed by atoms with Crippen molar-refractivity contribution in [3.05, 3.63) is 0 Å². The number of nitrogens with zero attached hydrogens (tertiary/aromatic N) is 1. The molecule has 0 aromatic rings. The van der Waals surface area contributed by atoms with Crippen molar-refractivity contribution in [2.24, 2.45) is 0 Å². The summed E-state index contributed by atoms with van der Waals surface area (Å²) in [5.41, 5.74) is 0. The first-order valence-corrected chi connectivity index (χ1v) is 7.62. The van der Waals surface area contributed by atoms with E-state index in [1.165, 1.54) is 4.90 Å². The number of carboxylic acids is 1. The number of urea groups is 1. The lowest BCUT2D eigenvalue weighted by Gasteiger charge is -2.21. The molecule has 0 saturated heterocycles. The minimum absolute atomic E-state index is 0.0270. The monoisotopic (exact) mass is 276 g/mol. The lowest BCUT2D eigenvalue weighted by molar-refractivity contribution is -0.137. The Morgan fingerprint density at radius 3 is 2.56 bits per heavy atom. The molecular formula is C11H20N2O4S. The van der Waals surface area contributed by atoms with Crippen molar-refractivity contribution in [3.8, 4) is 0 Å². The van der Waals surface area contributed by atoms with Gasteiger partial charge in [-0.1, -0.05) is 6.92 Å². The molecule has 7 heteroatoms. The second kappa shape index (κ2) is 6.72. The molecule has 2 amide bonds. The molecule has 1 rings (SSSR count). The molecule has 0 aromatic carbocycles. The fourth-order valence-electron chi connectivity index (χ4n) is 1.55. The van der Waals surface area contributed by atoms with Crippen LogP contribution in [0.2, 0.25) is 0 Å². The Balaban J connectivity index is 2.33. The number of aliphatic carboxylic acids is 1. The maximum atomic E-state index is 11.8. The quantitative estimate of drug-likeness (QED) is 0.705. The molecule has 0 spiro atoms. The van der Waals surface area contributed by atoms with Crippen LogP contribution in [0.5, 0.6) is 0 Å². The number of amides is 2. The summed E-state index contributed by atoms with van der Waals surface area (Å²) in [7, 11) is -0.900. The first-order valence-electron chi connectivity index (χ1n) is 6.00. The van der Waals surface area contributed by atoms with Crippen LogP contribution in [0.4, 0.5) is 4.79 Å². The fourth-order valence-corrected chi connectivity index (χ4v) is 2.00. The molecule has 0 radical (unpaired) electrons. The van der Waals surface area contributed by atoms with Gasteiger partial charge in [-0.05, 0) is 19.3 Å². The van der Waals surface area contributed by atoms with Crippen molar-refractivity contribution in [1.29, 1.82) is 0 Å². The highest BCUT2D eigenvalue weighted by molar-refractivity contribution is 7.84. The smallest absolute Gasteiger partial charge is 0.323 e. The molecule has 2 unspecified atom stereocenters. The van der Waals surface area contributed by atoms with Gasteiger partial charge in [0.05, 0.1) is 0 Å². The number of carboxylic acid groups (broad SMARTS) is 1. The van der Waals surface area contributed by atoms with Crippen LogP contribution in [-0.4, -0.2) is 56.9 Å². The Morgan fingerprint density at radius 2 is 2.11 bits per heavy atom. The normalized spacial score (nSPS) is 17.9. The van der Waals surface area contributed by atoms with Crippen LogP contribution in [0, 0.1) is 0 Å². The van der Waals surface area contributed by atoms with Crippen LogP contribution in [0.1, 0.15) is 26.2 Å². The molecule has 6 nitrogen and oxygen atoms in total. The van der Waals surface area contributed by atoms with Crippen molar-refractivity contribution in [3.63, 3.8) is 0 Å². The zero-order valence-corrected chi connectivity index (χ0v) is 11.5. The first kappa shape index (κ1) is 14.9. The Labute approximate surface area is 109 Å². The Morgan fingerprint density at radius 1 is 1.50 bits per heavy atom. The van der Waals surface area contributed by atoms with Gasteiger partial charge in [0.25, 0.3) is 0 Å². The van der Waals surface area contributed by atoms with Gasteiger partial charge in [-0.15, -0.1) is 0 Å². The van der Waals surface area contributed by atoms with E-state index in [4.69, 9.17) is 5.11 Å². The summed E-state index contributed by atoms with van der Waals surface area (Å²) in [4.78, 5) is 23.8. The van der Waals surface area contributed by atoms with Crippen LogP contribution in [-0.2, 0) is 15.6 Å². The third-order valence-electron chi connectivity index (χ3n) is 2.95. The molecule has 0 bridgehead atoms. The average Bonchev–Trinajstić information content (AvgIpc) is 3.08. The van der Waals surface area contributed by atoms with Gasteiger partial charge in [-0.2, -0.15) is 0 Å². The molecule has 1 fully saturated rings. The van der Waals surface area contributed by atoms with Gasteiger partial charge in [0.15, 0.2) is 0 Å². The van der Waals surface area contributed by atoms with Crippen LogP contribution >= 0.6 is 0 Å². The van der Waals surface area contributed by atoms with Crippen molar-refractivity contribution in [1.82, 2.24) is 10.2 Å². The van der Waals surface area contributed by atoms with Crippen molar-refractivity contribution >= 4 is 22.8 Å². The van der Waals surface area contributed by atoms with Gasteiger partial charge in [0.1, 0.15) is 6.54 Å². The molecular weight excluding hydrogens is 256 g/mol. The summed E-state index contributed by atoms with van der Waals surface area (Å²) in [5, 5.41) is 11.4. The minimum Gasteiger partial charge on any atom is -0.480 e. The highest BCUT2D eigenvalue weighted by Gasteiger charge is 2.33. The average molecular weight is 276 g/mol. The van der Waals surface area contributed by atoms with E-state index >= 15 is 0 Å². The first-order chi connectivity index (χ1) is 8.41. The van der Waals surface area contributed by atoms with E-state index in [1.807, 2.05) is 6.92 Å². The maximum Gasteiger partial charge on any atom is 0.323 e. The van der Waals surface area contributed by atoms with Crippen LogP contribution in [0.25, 0.3) is 0 Å². The molecule has 2 atom stereocenters. The summed E-state index contributed by atoms with van der Waals surface area (Å²) < 4.78 is 11.1. The summed E-state index contributed by atoms with van der Waals surface area (Å²) in [6.45, 7) is 2.02. The third kappa shape index (κ3) is 5.03. The number of nitrogens with one attached hydrogen (secondary N) is 1. The molecule has 1 aliphatic carbocycles.